The van der Waals surface area contributed by atoms with E-state index in [4.69, 9.17) is 9.47 Å². The van der Waals surface area contributed by atoms with Gasteiger partial charge in [0.1, 0.15) is 5.75 Å². The van der Waals surface area contributed by atoms with Gasteiger partial charge in [-0.2, -0.15) is 0 Å². The van der Waals surface area contributed by atoms with Gasteiger partial charge in [-0.05, 0) is 36.5 Å². The van der Waals surface area contributed by atoms with Crippen LogP contribution in [0.25, 0.3) is 0 Å². The predicted molar refractivity (Wildman–Crippen MR) is 48.7 cm³/mol. The number of fused-ring (bicyclic) bond motifs is 1. The van der Waals surface area contributed by atoms with Gasteiger partial charge in [-0.15, -0.1) is 0 Å². The van der Waals surface area contributed by atoms with E-state index in [1.807, 2.05) is 0 Å². The Morgan fingerprint density at radius 3 is 3.00 bits per heavy atom. The minimum atomic E-state index is 0.399. The molecule has 13 heavy (non-hydrogen) atoms. The van der Waals surface area contributed by atoms with Gasteiger partial charge in [0.2, 0.25) is 0 Å². The molecule has 2 aliphatic rings. The first-order chi connectivity index (χ1) is 6.43. The third-order valence-corrected chi connectivity index (χ3v) is 2.69. The number of hydrogen-bond donors (Lipinski definition) is 0. The molecule has 2 nitrogen and oxygen atoms in total. The van der Waals surface area contributed by atoms with E-state index in [1.54, 1.807) is 0 Å². The third kappa shape index (κ3) is 1.31. The molecule has 68 valence electrons. The second kappa shape index (κ2) is 2.74. The molecule has 0 atom stereocenters. The van der Waals surface area contributed by atoms with Crippen molar-refractivity contribution in [3.05, 3.63) is 29.3 Å². The van der Waals surface area contributed by atoms with Crippen LogP contribution in [0.5, 0.6) is 5.75 Å². The van der Waals surface area contributed by atoms with E-state index in [-0.39, 0.29) is 0 Å². The Kier molecular flexibility index (Phi) is 1.56. The van der Waals surface area contributed by atoms with Gasteiger partial charge in [0.25, 0.3) is 0 Å². The van der Waals surface area contributed by atoms with Crippen molar-refractivity contribution < 1.29 is 9.47 Å². The summed E-state index contributed by atoms with van der Waals surface area (Å²) in [4.78, 5) is 0. The Balaban J connectivity index is 1.98. The molecule has 1 aliphatic carbocycles. The molecule has 1 fully saturated rings. The first-order valence-electron chi connectivity index (χ1n) is 4.77. The van der Waals surface area contributed by atoms with Crippen molar-refractivity contribution in [2.45, 2.75) is 25.4 Å². The highest BCUT2D eigenvalue weighted by molar-refractivity contribution is 5.39. The summed E-state index contributed by atoms with van der Waals surface area (Å²) in [5.41, 5.74) is 2.66. The van der Waals surface area contributed by atoms with Gasteiger partial charge >= 0.3 is 0 Å². The van der Waals surface area contributed by atoms with E-state index in [9.17, 15) is 0 Å². The van der Waals surface area contributed by atoms with Gasteiger partial charge in [0.15, 0.2) is 6.79 Å². The average Bonchev–Trinajstić information content (AvgIpc) is 3.00. The van der Waals surface area contributed by atoms with Gasteiger partial charge in [-0.1, -0.05) is 6.07 Å². The van der Waals surface area contributed by atoms with E-state index in [2.05, 4.69) is 18.2 Å². The molecule has 0 saturated heterocycles. The largest absolute Gasteiger partial charge is 0.467 e. The summed E-state index contributed by atoms with van der Waals surface area (Å²) in [6.45, 7) is 1.10. The fourth-order valence-corrected chi connectivity index (χ4v) is 1.78. The molecule has 0 spiro atoms. The zero-order valence-corrected chi connectivity index (χ0v) is 7.45. The predicted octanol–water partition coefficient (Wildman–Crippen LogP) is 2.43. The van der Waals surface area contributed by atoms with Crippen LogP contribution in [0.2, 0.25) is 0 Å². The molecule has 0 bridgehead atoms. The minimum Gasteiger partial charge on any atom is -0.467 e. The smallest absolute Gasteiger partial charge is 0.189 e. The van der Waals surface area contributed by atoms with Gasteiger partial charge < -0.3 is 9.47 Å². The lowest BCUT2D eigenvalue weighted by Gasteiger charge is -2.18. The van der Waals surface area contributed by atoms with E-state index < -0.39 is 0 Å². The van der Waals surface area contributed by atoms with Gasteiger partial charge in [0, 0.05) is 5.56 Å². The molecule has 0 unspecified atom stereocenters. The maximum absolute atomic E-state index is 5.36. The fourth-order valence-electron chi connectivity index (χ4n) is 1.78. The highest BCUT2D eigenvalue weighted by Gasteiger charge is 2.24. The summed E-state index contributed by atoms with van der Waals surface area (Å²) in [7, 11) is 0. The molecular weight excluding hydrogens is 164 g/mol. The molecular formula is C11H12O2. The Morgan fingerprint density at radius 2 is 2.15 bits per heavy atom. The van der Waals surface area contributed by atoms with Gasteiger partial charge in [-0.25, -0.2) is 0 Å². The Hall–Kier alpha value is -1.02. The van der Waals surface area contributed by atoms with Crippen LogP contribution in [0.1, 0.15) is 29.9 Å². The van der Waals surface area contributed by atoms with Crippen LogP contribution in [0, 0.1) is 0 Å². The zero-order valence-electron chi connectivity index (χ0n) is 7.45. The third-order valence-electron chi connectivity index (χ3n) is 2.69. The van der Waals surface area contributed by atoms with E-state index in [0.717, 1.165) is 11.7 Å². The number of hydrogen-bond acceptors (Lipinski definition) is 2. The molecule has 0 N–H and O–H groups in total. The Bertz CT molecular complexity index is 329. The summed E-state index contributed by atoms with van der Waals surface area (Å²) >= 11 is 0. The second-order valence-electron chi connectivity index (χ2n) is 3.75. The topological polar surface area (TPSA) is 18.5 Å². The van der Waals surface area contributed by atoms with Crippen molar-refractivity contribution >= 4 is 0 Å². The lowest BCUT2D eigenvalue weighted by atomic mass is 10.1. The molecule has 1 aromatic rings. The highest BCUT2D eigenvalue weighted by Crippen LogP contribution is 2.41. The summed E-state index contributed by atoms with van der Waals surface area (Å²) in [5, 5.41) is 0. The van der Waals surface area contributed by atoms with Gasteiger partial charge in [-0.3, -0.25) is 0 Å². The highest BCUT2D eigenvalue weighted by atomic mass is 16.7. The molecule has 1 heterocycles. The molecule has 1 saturated carbocycles. The molecule has 1 aliphatic heterocycles. The van der Waals surface area contributed by atoms with E-state index in [1.165, 1.54) is 24.0 Å². The summed E-state index contributed by atoms with van der Waals surface area (Å²) in [5.74, 6) is 1.81. The standard InChI is InChI=1S/C11H12O2/c1-2-8(1)9-3-4-11-10(5-9)6-12-7-13-11/h3-5,8H,1-2,6-7H2. The normalized spacial score (nSPS) is 20.6. The number of ether oxygens (including phenoxy) is 2. The summed E-state index contributed by atoms with van der Waals surface area (Å²) in [6.07, 6.45) is 2.70. The van der Waals surface area contributed by atoms with Crippen molar-refractivity contribution in [3.63, 3.8) is 0 Å². The van der Waals surface area contributed by atoms with Crippen LogP contribution in [-0.4, -0.2) is 6.79 Å². The summed E-state index contributed by atoms with van der Waals surface area (Å²) < 4.78 is 10.6. The van der Waals surface area contributed by atoms with Crippen LogP contribution in [0.3, 0.4) is 0 Å². The van der Waals surface area contributed by atoms with Crippen LogP contribution in [0.15, 0.2) is 18.2 Å². The minimum absolute atomic E-state index is 0.399. The molecule has 0 amide bonds. The van der Waals surface area contributed by atoms with Crippen LogP contribution >= 0.6 is 0 Å². The van der Waals surface area contributed by atoms with Crippen LogP contribution in [0.4, 0.5) is 0 Å². The summed E-state index contributed by atoms with van der Waals surface area (Å²) in [6, 6.07) is 6.49. The Morgan fingerprint density at radius 1 is 1.23 bits per heavy atom. The zero-order chi connectivity index (χ0) is 8.67. The molecule has 2 heteroatoms. The van der Waals surface area contributed by atoms with E-state index >= 15 is 0 Å². The average molecular weight is 176 g/mol. The molecule has 1 aromatic carbocycles. The van der Waals surface area contributed by atoms with Crippen molar-refractivity contribution in [2.75, 3.05) is 6.79 Å². The van der Waals surface area contributed by atoms with Crippen molar-refractivity contribution in [3.8, 4) is 5.75 Å². The fraction of sp³-hybridized carbons (Fsp3) is 0.455. The Labute approximate surface area is 77.5 Å². The first-order valence-corrected chi connectivity index (χ1v) is 4.77. The van der Waals surface area contributed by atoms with Crippen molar-refractivity contribution in [2.24, 2.45) is 0 Å². The number of rotatable bonds is 1. The van der Waals surface area contributed by atoms with Crippen molar-refractivity contribution in [1.29, 1.82) is 0 Å². The molecule has 0 aromatic heterocycles. The molecule has 3 rings (SSSR count). The van der Waals surface area contributed by atoms with Crippen molar-refractivity contribution in [1.82, 2.24) is 0 Å². The monoisotopic (exact) mass is 176 g/mol. The maximum Gasteiger partial charge on any atom is 0.189 e. The van der Waals surface area contributed by atoms with Gasteiger partial charge in [0.05, 0.1) is 6.61 Å². The molecule has 0 radical (unpaired) electrons. The van der Waals surface area contributed by atoms with Crippen LogP contribution < -0.4 is 4.74 Å². The van der Waals surface area contributed by atoms with E-state index in [0.29, 0.717) is 13.4 Å². The maximum atomic E-state index is 5.36. The number of benzene rings is 1. The quantitative estimate of drug-likeness (QED) is 0.654. The van der Waals surface area contributed by atoms with Crippen LogP contribution in [-0.2, 0) is 11.3 Å². The lowest BCUT2D eigenvalue weighted by Crippen LogP contribution is -2.11. The SMILES string of the molecule is c1cc2c(cc1C1CC1)COCO2. The lowest BCUT2D eigenvalue weighted by molar-refractivity contribution is -0.0164. The second-order valence-corrected chi connectivity index (χ2v) is 3.75. The first kappa shape index (κ1) is 7.39.